The van der Waals surface area contributed by atoms with Crippen LogP contribution in [0.1, 0.15) is 61.5 Å². The van der Waals surface area contributed by atoms with Gasteiger partial charge < -0.3 is 9.47 Å². The summed E-state index contributed by atoms with van der Waals surface area (Å²) in [6.07, 6.45) is 5.32. The van der Waals surface area contributed by atoms with Gasteiger partial charge >= 0.3 is 6.36 Å². The summed E-state index contributed by atoms with van der Waals surface area (Å²) < 4.78 is 89.5. The predicted molar refractivity (Wildman–Crippen MR) is 148 cm³/mol. The summed E-state index contributed by atoms with van der Waals surface area (Å²) in [7, 11) is 0. The summed E-state index contributed by atoms with van der Waals surface area (Å²) in [5.41, 5.74) is 1.39. The zero-order chi connectivity index (χ0) is 30.1. The maximum Gasteiger partial charge on any atom is 0.573 e. The molecule has 1 heterocycles. The van der Waals surface area contributed by atoms with E-state index >= 15 is 4.39 Å². The Morgan fingerprint density at radius 1 is 0.738 bits per heavy atom. The molecule has 0 atom stereocenters. The number of halogens is 6. The molecule has 0 aliphatic rings. The Morgan fingerprint density at radius 2 is 1.43 bits per heavy atom. The summed E-state index contributed by atoms with van der Waals surface area (Å²) in [5.74, 6) is -3.60. The van der Waals surface area contributed by atoms with Gasteiger partial charge in [0.05, 0.1) is 19.0 Å². The van der Waals surface area contributed by atoms with Crippen LogP contribution in [0.5, 0.6) is 11.5 Å². The fraction of sp³-hybridized carbons (Fsp3) is 0.375. The molecule has 3 aromatic carbocycles. The number of fused-ring (bicyclic) bond motifs is 1. The van der Waals surface area contributed by atoms with E-state index in [2.05, 4.69) is 21.6 Å². The van der Waals surface area contributed by atoms with Gasteiger partial charge in [-0.15, -0.1) is 13.2 Å². The minimum Gasteiger partial charge on any atom is -0.490 e. The lowest BCUT2D eigenvalue weighted by molar-refractivity contribution is -0.276. The molecule has 4 aromatic rings. The SMILES string of the molecule is CCCCCCCOc1cnc(CCc2ccc3c(F)c(CCc4cc(F)c(OC(F)(F)F)c(F)c4)ccc3c2)nc1. The quantitative estimate of drug-likeness (QED) is 0.109. The Morgan fingerprint density at radius 3 is 2.12 bits per heavy atom. The molecule has 0 saturated carbocycles. The average molecular weight is 591 g/mol. The lowest BCUT2D eigenvalue weighted by Gasteiger charge is -2.12. The minimum atomic E-state index is -5.22. The molecule has 0 amide bonds. The van der Waals surface area contributed by atoms with Crippen molar-refractivity contribution < 1.29 is 35.8 Å². The van der Waals surface area contributed by atoms with Crippen LogP contribution >= 0.6 is 0 Å². The van der Waals surface area contributed by atoms with E-state index in [0.29, 0.717) is 47.4 Å². The summed E-state index contributed by atoms with van der Waals surface area (Å²) >= 11 is 0. The highest BCUT2D eigenvalue weighted by atomic mass is 19.4. The van der Waals surface area contributed by atoms with E-state index in [-0.39, 0.29) is 18.4 Å². The number of benzene rings is 3. The highest BCUT2D eigenvalue weighted by Gasteiger charge is 2.34. The average Bonchev–Trinajstić information content (AvgIpc) is 2.95. The third-order valence-electron chi connectivity index (χ3n) is 6.89. The first kappa shape index (κ1) is 31.1. The molecule has 4 rings (SSSR count). The van der Waals surface area contributed by atoms with Crippen molar-refractivity contribution in [3.63, 3.8) is 0 Å². The van der Waals surface area contributed by atoms with Gasteiger partial charge in [-0.3, -0.25) is 0 Å². The maximum atomic E-state index is 15.2. The van der Waals surface area contributed by atoms with Gasteiger partial charge in [-0.25, -0.2) is 23.1 Å². The van der Waals surface area contributed by atoms with E-state index in [1.54, 1.807) is 30.6 Å². The van der Waals surface area contributed by atoms with Gasteiger partial charge in [-0.2, -0.15) is 0 Å². The highest BCUT2D eigenvalue weighted by Crippen LogP contribution is 2.30. The summed E-state index contributed by atoms with van der Waals surface area (Å²) in [6.45, 7) is 2.83. The molecule has 1 aromatic heterocycles. The van der Waals surface area contributed by atoms with Crippen molar-refractivity contribution in [2.75, 3.05) is 6.61 Å². The van der Waals surface area contributed by atoms with Gasteiger partial charge in [0.15, 0.2) is 17.4 Å². The summed E-state index contributed by atoms with van der Waals surface area (Å²) in [5, 5.41) is 1.10. The lowest BCUT2D eigenvalue weighted by Crippen LogP contribution is -2.19. The second kappa shape index (κ2) is 14.4. The van der Waals surface area contributed by atoms with Crippen molar-refractivity contribution in [3.8, 4) is 11.5 Å². The van der Waals surface area contributed by atoms with E-state index < -0.39 is 29.6 Å². The van der Waals surface area contributed by atoms with Gasteiger partial charge in [0.25, 0.3) is 0 Å². The van der Waals surface area contributed by atoms with Crippen molar-refractivity contribution in [3.05, 3.63) is 94.8 Å². The second-order valence-corrected chi connectivity index (χ2v) is 10.1. The Hall–Kier alpha value is -3.82. The van der Waals surface area contributed by atoms with Gasteiger partial charge in [-0.1, -0.05) is 62.9 Å². The Bertz CT molecular complexity index is 1450. The fourth-order valence-corrected chi connectivity index (χ4v) is 4.68. The smallest absolute Gasteiger partial charge is 0.490 e. The Labute approximate surface area is 240 Å². The van der Waals surface area contributed by atoms with E-state index in [1.807, 2.05) is 12.1 Å². The largest absolute Gasteiger partial charge is 0.573 e. The molecular formula is C32H32F6N2O2. The van der Waals surface area contributed by atoms with Crippen LogP contribution in [0.15, 0.2) is 54.9 Å². The summed E-state index contributed by atoms with van der Waals surface area (Å²) in [4.78, 5) is 8.77. The van der Waals surface area contributed by atoms with Crippen LogP contribution in [0, 0.1) is 17.5 Å². The Balaban J connectivity index is 1.32. The lowest BCUT2D eigenvalue weighted by atomic mass is 9.98. The molecular weight excluding hydrogens is 558 g/mol. The predicted octanol–water partition coefficient (Wildman–Crippen LogP) is 8.87. The number of alkyl halides is 3. The summed E-state index contributed by atoms with van der Waals surface area (Å²) in [6, 6.07) is 10.3. The number of rotatable bonds is 14. The van der Waals surface area contributed by atoms with Crippen LogP contribution in [-0.2, 0) is 25.7 Å². The molecule has 0 fully saturated rings. The molecule has 10 heteroatoms. The first-order valence-electron chi connectivity index (χ1n) is 14.0. The van der Waals surface area contributed by atoms with E-state index in [1.165, 1.54) is 19.3 Å². The van der Waals surface area contributed by atoms with E-state index in [4.69, 9.17) is 4.74 Å². The molecule has 0 aliphatic heterocycles. The van der Waals surface area contributed by atoms with Crippen LogP contribution in [0.2, 0.25) is 0 Å². The number of hydrogen-bond acceptors (Lipinski definition) is 4. The maximum absolute atomic E-state index is 15.2. The topological polar surface area (TPSA) is 44.2 Å². The first-order chi connectivity index (χ1) is 20.1. The normalized spacial score (nSPS) is 11.7. The highest BCUT2D eigenvalue weighted by molar-refractivity contribution is 5.84. The Kier molecular flexibility index (Phi) is 10.7. The van der Waals surface area contributed by atoms with Crippen molar-refractivity contribution in [1.29, 1.82) is 0 Å². The van der Waals surface area contributed by atoms with Crippen LogP contribution in [0.25, 0.3) is 10.8 Å². The molecule has 0 radical (unpaired) electrons. The van der Waals surface area contributed by atoms with Crippen LogP contribution in [0.4, 0.5) is 26.3 Å². The minimum absolute atomic E-state index is 0.0173. The zero-order valence-electron chi connectivity index (χ0n) is 23.2. The zero-order valence-corrected chi connectivity index (χ0v) is 23.2. The van der Waals surface area contributed by atoms with Gasteiger partial charge in [0.1, 0.15) is 11.6 Å². The number of ether oxygens (including phenoxy) is 2. The second-order valence-electron chi connectivity index (χ2n) is 10.1. The van der Waals surface area contributed by atoms with Gasteiger partial charge in [0.2, 0.25) is 5.75 Å². The standard InChI is InChI=1S/C32H32F6N2O2/c1-2-3-4-5-6-15-41-25-19-39-29(40-20-25)14-9-21-8-13-26-24(16-21)12-11-23(30(26)35)10-7-22-17-27(33)31(28(34)18-22)42-32(36,37)38/h8,11-13,16-20H,2-7,9-10,14-15H2,1H3. The molecule has 0 bridgehead atoms. The van der Waals surface area contributed by atoms with E-state index in [0.717, 1.165) is 30.5 Å². The van der Waals surface area contributed by atoms with Gasteiger partial charge in [0, 0.05) is 11.8 Å². The number of hydrogen-bond donors (Lipinski definition) is 0. The molecule has 0 N–H and O–H groups in total. The monoisotopic (exact) mass is 590 g/mol. The van der Waals surface area contributed by atoms with Gasteiger partial charge in [-0.05, 0) is 59.9 Å². The molecule has 0 unspecified atom stereocenters. The number of unbranched alkanes of at least 4 members (excludes halogenated alkanes) is 4. The first-order valence-corrected chi connectivity index (χ1v) is 14.0. The third kappa shape index (κ3) is 8.84. The van der Waals surface area contributed by atoms with E-state index in [9.17, 15) is 22.0 Å². The molecule has 42 heavy (non-hydrogen) atoms. The van der Waals surface area contributed by atoms with Crippen LogP contribution < -0.4 is 9.47 Å². The molecule has 224 valence electrons. The molecule has 4 nitrogen and oxygen atoms in total. The van der Waals surface area contributed by atoms with Crippen LogP contribution in [-0.4, -0.2) is 22.9 Å². The molecule has 0 spiro atoms. The number of aromatic nitrogens is 2. The van der Waals surface area contributed by atoms with Crippen molar-refractivity contribution in [1.82, 2.24) is 9.97 Å². The number of nitrogens with zero attached hydrogens (tertiary/aromatic N) is 2. The number of aryl methyl sites for hydroxylation is 4. The molecule has 0 saturated heterocycles. The fourth-order valence-electron chi connectivity index (χ4n) is 4.68. The van der Waals surface area contributed by atoms with Crippen LogP contribution in [0.3, 0.4) is 0 Å². The van der Waals surface area contributed by atoms with Crippen molar-refractivity contribution in [2.24, 2.45) is 0 Å². The van der Waals surface area contributed by atoms with Crippen molar-refractivity contribution in [2.45, 2.75) is 71.1 Å². The van der Waals surface area contributed by atoms with Crippen molar-refractivity contribution >= 4 is 10.8 Å². The molecule has 0 aliphatic carbocycles. The third-order valence-corrected chi connectivity index (χ3v) is 6.89.